The number of halogens is 3. The number of hydrogen-bond acceptors (Lipinski definition) is 3. The first-order valence-corrected chi connectivity index (χ1v) is 5.19. The Morgan fingerprint density at radius 1 is 1.35 bits per heavy atom. The van der Waals surface area contributed by atoms with Gasteiger partial charge in [-0.2, -0.15) is 0 Å². The second kappa shape index (κ2) is 3.45. The van der Waals surface area contributed by atoms with Gasteiger partial charge in [-0.3, -0.25) is 0 Å². The molecule has 1 amide bonds. The highest BCUT2D eigenvalue weighted by Gasteiger charge is 2.88. The van der Waals surface area contributed by atoms with E-state index < -0.39 is 28.7 Å². The maximum Gasteiger partial charge on any atom is 0.408 e. The van der Waals surface area contributed by atoms with E-state index in [-0.39, 0.29) is 25.2 Å². The van der Waals surface area contributed by atoms with Crippen molar-refractivity contribution in [2.24, 2.45) is 5.73 Å². The summed E-state index contributed by atoms with van der Waals surface area (Å²) in [7, 11) is 0. The van der Waals surface area contributed by atoms with Crippen LogP contribution < -0.4 is 11.1 Å². The Morgan fingerprint density at radius 3 is 2.12 bits per heavy atom. The van der Waals surface area contributed by atoms with Gasteiger partial charge in [0, 0.05) is 12.8 Å². The summed E-state index contributed by atoms with van der Waals surface area (Å²) in [5, 5.41) is 2.24. The molecule has 0 aromatic carbocycles. The second-order valence-corrected chi connectivity index (χ2v) is 5.79. The molecule has 3 saturated carbocycles. The fourth-order valence-electron chi connectivity index (χ4n) is 2.40. The molecule has 3 rings (SSSR count). The van der Waals surface area contributed by atoms with Gasteiger partial charge in [-0.05, 0) is 20.8 Å². The molecule has 0 radical (unpaired) electrons. The molecule has 0 aromatic rings. The van der Waals surface area contributed by atoms with Gasteiger partial charge < -0.3 is 15.8 Å². The van der Waals surface area contributed by atoms with E-state index in [0.29, 0.717) is 0 Å². The predicted octanol–water partition coefficient (Wildman–Crippen LogP) is 1.81. The molecule has 3 N–H and O–H groups in total. The zero-order valence-electron chi connectivity index (χ0n) is 9.97. The second-order valence-electron chi connectivity index (χ2n) is 5.79. The van der Waals surface area contributed by atoms with E-state index >= 15 is 0 Å². The van der Waals surface area contributed by atoms with Gasteiger partial charge in [-0.15, -0.1) is 12.4 Å². The fourth-order valence-corrected chi connectivity index (χ4v) is 2.40. The number of carbonyl (C=O) groups is 1. The minimum Gasteiger partial charge on any atom is -0.444 e. The minimum absolute atomic E-state index is 0. The highest BCUT2D eigenvalue weighted by Crippen LogP contribution is 2.68. The van der Waals surface area contributed by atoms with E-state index in [9.17, 15) is 13.6 Å². The Hall–Kier alpha value is -0.620. The fraction of sp³-hybridized carbons (Fsp3) is 0.900. The molecule has 0 atom stereocenters. The van der Waals surface area contributed by atoms with Crippen molar-refractivity contribution in [3.8, 4) is 0 Å². The summed E-state index contributed by atoms with van der Waals surface area (Å²) < 4.78 is 31.8. The van der Waals surface area contributed by atoms with Crippen LogP contribution in [0.4, 0.5) is 13.6 Å². The molecule has 0 saturated heterocycles. The molecule has 0 heterocycles. The summed E-state index contributed by atoms with van der Waals surface area (Å²) in [6.07, 6.45) is -0.577. The van der Waals surface area contributed by atoms with Gasteiger partial charge in [0.25, 0.3) is 5.92 Å². The van der Waals surface area contributed by atoms with Crippen molar-refractivity contribution < 1.29 is 18.3 Å². The molecule has 100 valence electrons. The molecule has 0 spiro atoms. The summed E-state index contributed by atoms with van der Waals surface area (Å²) in [6, 6.07) is 0. The van der Waals surface area contributed by atoms with Gasteiger partial charge in [0.15, 0.2) is 0 Å². The maximum absolute atomic E-state index is 13.4. The molecule has 0 unspecified atom stereocenters. The highest BCUT2D eigenvalue weighted by molar-refractivity contribution is 5.85. The molecule has 17 heavy (non-hydrogen) atoms. The highest BCUT2D eigenvalue weighted by atomic mass is 35.5. The van der Waals surface area contributed by atoms with E-state index in [2.05, 4.69) is 5.32 Å². The van der Waals surface area contributed by atoms with Crippen LogP contribution in [-0.2, 0) is 4.74 Å². The van der Waals surface area contributed by atoms with Gasteiger partial charge in [0.05, 0.1) is 5.54 Å². The lowest BCUT2D eigenvalue weighted by Crippen LogP contribution is -2.96. The number of alkyl halides is 2. The third-order valence-electron chi connectivity index (χ3n) is 3.20. The lowest BCUT2D eigenvalue weighted by atomic mass is 9.41. The average molecular weight is 271 g/mol. The molecule has 0 aromatic heterocycles. The summed E-state index contributed by atoms with van der Waals surface area (Å²) in [5.74, 6) is -3.02. The van der Waals surface area contributed by atoms with Crippen LogP contribution in [0, 0.1) is 0 Å². The number of ether oxygens (including phenoxy) is 1. The number of hydrogen-bond donors (Lipinski definition) is 2. The summed E-state index contributed by atoms with van der Waals surface area (Å²) >= 11 is 0. The summed E-state index contributed by atoms with van der Waals surface area (Å²) in [5.41, 5.74) is 1.84. The van der Waals surface area contributed by atoms with Gasteiger partial charge in [0.2, 0.25) is 0 Å². The van der Waals surface area contributed by atoms with Crippen molar-refractivity contribution in [3.05, 3.63) is 0 Å². The topological polar surface area (TPSA) is 64.3 Å². The molecular weight excluding hydrogens is 254 g/mol. The van der Waals surface area contributed by atoms with Crippen LogP contribution in [0.1, 0.15) is 33.6 Å². The van der Waals surface area contributed by atoms with Gasteiger partial charge >= 0.3 is 6.09 Å². The van der Waals surface area contributed by atoms with Crippen LogP contribution in [0.3, 0.4) is 0 Å². The van der Waals surface area contributed by atoms with Crippen LogP contribution >= 0.6 is 12.4 Å². The molecule has 7 heteroatoms. The van der Waals surface area contributed by atoms with E-state index in [1.165, 1.54) is 0 Å². The average Bonchev–Trinajstić information content (AvgIpc) is 1.98. The van der Waals surface area contributed by atoms with Gasteiger partial charge in [0.1, 0.15) is 11.1 Å². The minimum atomic E-state index is -3.02. The first-order chi connectivity index (χ1) is 7.02. The van der Waals surface area contributed by atoms with Crippen LogP contribution in [-0.4, -0.2) is 28.7 Å². The zero-order valence-corrected chi connectivity index (χ0v) is 10.8. The lowest BCUT2D eigenvalue weighted by molar-refractivity contribution is -0.318. The Bertz CT molecular complexity index is 349. The lowest BCUT2D eigenvalue weighted by Gasteiger charge is -2.72. The normalized spacial score (nSPS) is 37.1. The van der Waals surface area contributed by atoms with Crippen molar-refractivity contribution in [2.75, 3.05) is 0 Å². The van der Waals surface area contributed by atoms with E-state index in [1.54, 1.807) is 20.8 Å². The molecular formula is C10H17ClF2N2O2. The smallest absolute Gasteiger partial charge is 0.408 e. The Labute approximate surface area is 105 Å². The number of rotatable bonds is 1. The summed E-state index contributed by atoms with van der Waals surface area (Å²) in [4.78, 5) is 11.4. The summed E-state index contributed by atoms with van der Waals surface area (Å²) in [6.45, 7) is 5.03. The quantitative estimate of drug-likeness (QED) is 0.764. The number of nitrogens with two attached hydrogens (primary N) is 1. The number of amides is 1. The van der Waals surface area contributed by atoms with Crippen LogP contribution in [0.25, 0.3) is 0 Å². The molecule has 2 bridgehead atoms. The third-order valence-corrected chi connectivity index (χ3v) is 3.20. The van der Waals surface area contributed by atoms with Crippen LogP contribution in [0.2, 0.25) is 0 Å². The van der Waals surface area contributed by atoms with Crippen molar-refractivity contribution in [3.63, 3.8) is 0 Å². The SMILES string of the molecule is CC(C)(C)OC(=O)NC12CC(N)(C1)C2(F)F.Cl. The largest absolute Gasteiger partial charge is 0.444 e. The Kier molecular flexibility index (Phi) is 2.93. The van der Waals surface area contributed by atoms with E-state index in [1.807, 2.05) is 0 Å². The third kappa shape index (κ3) is 1.78. The molecule has 3 aliphatic carbocycles. The molecule has 3 aliphatic rings. The maximum atomic E-state index is 13.4. The monoisotopic (exact) mass is 270 g/mol. The van der Waals surface area contributed by atoms with Gasteiger partial charge in [-0.1, -0.05) is 0 Å². The van der Waals surface area contributed by atoms with Crippen molar-refractivity contribution >= 4 is 18.5 Å². The van der Waals surface area contributed by atoms with Crippen molar-refractivity contribution in [1.29, 1.82) is 0 Å². The predicted molar refractivity (Wildman–Crippen MR) is 60.4 cm³/mol. The molecule has 3 fully saturated rings. The first kappa shape index (κ1) is 14.4. The molecule has 4 nitrogen and oxygen atoms in total. The number of carbonyl (C=O) groups excluding carboxylic acids is 1. The van der Waals surface area contributed by atoms with Crippen LogP contribution in [0.15, 0.2) is 0 Å². The van der Waals surface area contributed by atoms with Gasteiger partial charge in [-0.25, -0.2) is 13.6 Å². The Morgan fingerprint density at radius 2 is 1.82 bits per heavy atom. The van der Waals surface area contributed by atoms with E-state index in [0.717, 1.165) is 0 Å². The molecule has 0 aliphatic heterocycles. The van der Waals surface area contributed by atoms with Crippen molar-refractivity contribution in [2.45, 2.75) is 56.2 Å². The Balaban J connectivity index is 0.00000144. The number of alkyl carbamates (subject to hydrolysis) is 1. The standard InChI is InChI=1S/C10H16F2N2O2.ClH/c1-7(2,3)16-6(15)14-9-4-8(13,5-9)10(9,11)12;/h4-5,13H2,1-3H3,(H,14,15);1H. The number of nitrogens with one attached hydrogen (secondary N) is 1. The van der Waals surface area contributed by atoms with E-state index in [4.69, 9.17) is 10.5 Å². The zero-order chi connectivity index (χ0) is 12.4. The first-order valence-electron chi connectivity index (χ1n) is 5.19. The van der Waals surface area contributed by atoms with Crippen molar-refractivity contribution in [1.82, 2.24) is 5.32 Å². The van der Waals surface area contributed by atoms with Crippen LogP contribution in [0.5, 0.6) is 0 Å².